The van der Waals surface area contributed by atoms with Gasteiger partial charge in [0.2, 0.25) is 5.91 Å². The number of rotatable bonds is 4. The third-order valence-electron chi connectivity index (χ3n) is 5.58. The van der Waals surface area contributed by atoms with E-state index in [1.165, 1.54) is 16.7 Å². The van der Waals surface area contributed by atoms with Crippen LogP contribution in [-0.4, -0.2) is 32.8 Å². The summed E-state index contributed by atoms with van der Waals surface area (Å²) in [4.78, 5) is 27.5. The number of amides is 1. The Morgan fingerprint density at radius 1 is 1.24 bits per heavy atom. The summed E-state index contributed by atoms with van der Waals surface area (Å²) in [7, 11) is 1.89. The first-order valence-corrected chi connectivity index (χ1v) is 8.77. The summed E-state index contributed by atoms with van der Waals surface area (Å²) in [5.41, 5.74) is 5.81. The summed E-state index contributed by atoms with van der Waals surface area (Å²) >= 11 is 0. The van der Waals surface area contributed by atoms with Crippen molar-refractivity contribution in [2.24, 2.45) is 5.92 Å². The lowest BCUT2D eigenvalue weighted by atomic mass is 10.0. The van der Waals surface area contributed by atoms with Crippen LogP contribution in [-0.2, 0) is 17.9 Å². The SMILES string of the molecule is CNc1nc(C)c(C)c2c1CN(C(=O)C[C@@H]1C[C@H]1c1cncnc1)C2. The number of hydrogen-bond donors (Lipinski definition) is 1. The maximum absolute atomic E-state index is 12.8. The summed E-state index contributed by atoms with van der Waals surface area (Å²) in [6.07, 6.45) is 6.94. The first kappa shape index (κ1) is 16.0. The zero-order valence-corrected chi connectivity index (χ0v) is 14.9. The number of carbonyl (C=O) groups excluding carboxylic acids is 1. The van der Waals surface area contributed by atoms with Crippen LogP contribution in [0.25, 0.3) is 0 Å². The predicted molar refractivity (Wildman–Crippen MR) is 95.0 cm³/mol. The standard InChI is InChI=1S/C19H23N5O/c1-11-12(2)23-19(20-3)17-9-24(8-16(11)17)18(25)5-13-4-15(13)14-6-21-10-22-7-14/h6-7,10,13,15H,4-5,8-9H2,1-3H3,(H,20,23)/t13-,15+/m0/s1. The van der Waals surface area contributed by atoms with Crippen LogP contribution in [0, 0.1) is 19.8 Å². The van der Waals surface area contributed by atoms with E-state index in [0.29, 0.717) is 31.3 Å². The molecule has 1 fully saturated rings. The van der Waals surface area contributed by atoms with E-state index in [4.69, 9.17) is 0 Å². The monoisotopic (exact) mass is 337 g/mol. The third kappa shape index (κ3) is 2.86. The first-order valence-electron chi connectivity index (χ1n) is 8.77. The van der Waals surface area contributed by atoms with Gasteiger partial charge in [-0.05, 0) is 48.8 Å². The number of pyridine rings is 1. The largest absolute Gasteiger partial charge is 0.373 e. The molecule has 6 nitrogen and oxygen atoms in total. The molecule has 1 saturated carbocycles. The van der Waals surface area contributed by atoms with Crippen molar-refractivity contribution in [3.8, 4) is 0 Å². The summed E-state index contributed by atoms with van der Waals surface area (Å²) < 4.78 is 0. The number of aryl methyl sites for hydroxylation is 1. The number of fused-ring (bicyclic) bond motifs is 1. The molecule has 0 saturated heterocycles. The highest BCUT2D eigenvalue weighted by Gasteiger charge is 2.41. The van der Waals surface area contributed by atoms with Gasteiger partial charge in [0.25, 0.3) is 0 Å². The molecule has 1 N–H and O–H groups in total. The van der Waals surface area contributed by atoms with Crippen LogP contribution in [0.2, 0.25) is 0 Å². The summed E-state index contributed by atoms with van der Waals surface area (Å²) in [5.74, 6) is 2.00. The minimum atomic E-state index is 0.236. The fourth-order valence-electron chi connectivity index (χ4n) is 3.85. The molecule has 2 aromatic heterocycles. The van der Waals surface area contributed by atoms with E-state index >= 15 is 0 Å². The molecular formula is C19H23N5O. The average Bonchev–Trinajstić information content (AvgIpc) is 3.24. The van der Waals surface area contributed by atoms with Crippen LogP contribution < -0.4 is 5.32 Å². The highest BCUT2D eigenvalue weighted by atomic mass is 16.2. The van der Waals surface area contributed by atoms with Gasteiger partial charge in [-0.1, -0.05) is 0 Å². The van der Waals surface area contributed by atoms with Crippen LogP contribution in [0.3, 0.4) is 0 Å². The molecule has 2 aromatic rings. The Bertz CT molecular complexity index is 820. The van der Waals surface area contributed by atoms with E-state index in [-0.39, 0.29) is 5.91 Å². The van der Waals surface area contributed by atoms with Gasteiger partial charge in [-0.2, -0.15) is 0 Å². The molecule has 2 atom stereocenters. The molecule has 0 radical (unpaired) electrons. The maximum atomic E-state index is 12.8. The van der Waals surface area contributed by atoms with Gasteiger partial charge in [-0.15, -0.1) is 0 Å². The maximum Gasteiger partial charge on any atom is 0.223 e. The summed E-state index contributed by atoms with van der Waals surface area (Å²) in [5, 5.41) is 3.17. The Morgan fingerprint density at radius 3 is 2.68 bits per heavy atom. The van der Waals surface area contributed by atoms with E-state index in [9.17, 15) is 4.79 Å². The van der Waals surface area contributed by atoms with E-state index in [1.807, 2.05) is 31.3 Å². The molecule has 0 bridgehead atoms. The number of nitrogens with zero attached hydrogens (tertiary/aromatic N) is 4. The number of anilines is 1. The molecule has 0 spiro atoms. The van der Waals surface area contributed by atoms with Gasteiger partial charge < -0.3 is 10.2 Å². The molecule has 6 heteroatoms. The van der Waals surface area contributed by atoms with Gasteiger partial charge >= 0.3 is 0 Å². The molecule has 2 aliphatic rings. The zero-order chi connectivity index (χ0) is 17.6. The third-order valence-corrected chi connectivity index (χ3v) is 5.58. The highest BCUT2D eigenvalue weighted by Crippen LogP contribution is 2.49. The minimum Gasteiger partial charge on any atom is -0.373 e. The minimum absolute atomic E-state index is 0.236. The van der Waals surface area contributed by atoms with Gasteiger partial charge in [-0.25, -0.2) is 15.0 Å². The molecule has 0 aromatic carbocycles. The van der Waals surface area contributed by atoms with Gasteiger partial charge in [0.1, 0.15) is 12.1 Å². The molecule has 4 rings (SSSR count). The van der Waals surface area contributed by atoms with E-state index in [0.717, 1.165) is 23.5 Å². The average molecular weight is 337 g/mol. The quantitative estimate of drug-likeness (QED) is 0.928. The van der Waals surface area contributed by atoms with E-state index in [2.05, 4.69) is 27.2 Å². The van der Waals surface area contributed by atoms with E-state index in [1.54, 1.807) is 6.33 Å². The Hall–Kier alpha value is -2.50. The van der Waals surface area contributed by atoms with Crippen LogP contribution in [0.5, 0.6) is 0 Å². The summed E-state index contributed by atoms with van der Waals surface area (Å²) in [6.45, 7) is 5.48. The zero-order valence-electron chi connectivity index (χ0n) is 14.9. The molecule has 0 unspecified atom stereocenters. The first-order chi connectivity index (χ1) is 12.1. The van der Waals surface area contributed by atoms with Crippen molar-refractivity contribution in [2.45, 2.75) is 45.7 Å². The molecule has 1 aliphatic heterocycles. The Labute approximate surface area is 147 Å². The van der Waals surface area contributed by atoms with E-state index < -0.39 is 0 Å². The van der Waals surface area contributed by atoms with Crippen LogP contribution >= 0.6 is 0 Å². The van der Waals surface area contributed by atoms with Crippen molar-refractivity contribution in [3.05, 3.63) is 46.7 Å². The van der Waals surface area contributed by atoms with Crippen molar-refractivity contribution in [2.75, 3.05) is 12.4 Å². The van der Waals surface area contributed by atoms with Crippen molar-refractivity contribution >= 4 is 11.7 Å². The lowest BCUT2D eigenvalue weighted by Gasteiger charge is -2.15. The molecule has 25 heavy (non-hydrogen) atoms. The Kier molecular flexibility index (Phi) is 3.90. The van der Waals surface area contributed by atoms with Crippen LogP contribution in [0.4, 0.5) is 5.82 Å². The van der Waals surface area contributed by atoms with Crippen molar-refractivity contribution in [1.82, 2.24) is 19.9 Å². The lowest BCUT2D eigenvalue weighted by Crippen LogP contribution is -2.25. The predicted octanol–water partition coefficient (Wildman–Crippen LogP) is 2.57. The smallest absolute Gasteiger partial charge is 0.223 e. The van der Waals surface area contributed by atoms with Crippen molar-refractivity contribution in [3.63, 3.8) is 0 Å². The molecular weight excluding hydrogens is 314 g/mol. The summed E-state index contributed by atoms with van der Waals surface area (Å²) in [6, 6.07) is 0. The Balaban J connectivity index is 1.44. The number of aromatic nitrogens is 3. The molecule has 130 valence electrons. The highest BCUT2D eigenvalue weighted by molar-refractivity contribution is 5.78. The molecule has 1 aliphatic carbocycles. The fourth-order valence-corrected chi connectivity index (χ4v) is 3.85. The topological polar surface area (TPSA) is 71.0 Å². The van der Waals surface area contributed by atoms with Crippen molar-refractivity contribution < 1.29 is 4.79 Å². The van der Waals surface area contributed by atoms with Crippen molar-refractivity contribution in [1.29, 1.82) is 0 Å². The van der Waals surface area contributed by atoms with Gasteiger partial charge in [0, 0.05) is 50.2 Å². The fraction of sp³-hybridized carbons (Fsp3) is 0.474. The molecule has 3 heterocycles. The normalized spacial score (nSPS) is 21.2. The van der Waals surface area contributed by atoms with Crippen LogP contribution in [0.15, 0.2) is 18.7 Å². The number of nitrogens with one attached hydrogen (secondary N) is 1. The lowest BCUT2D eigenvalue weighted by molar-refractivity contribution is -0.132. The Morgan fingerprint density at radius 2 is 1.96 bits per heavy atom. The van der Waals surface area contributed by atoms with Gasteiger partial charge in [-0.3, -0.25) is 4.79 Å². The second-order valence-corrected chi connectivity index (χ2v) is 7.11. The second-order valence-electron chi connectivity index (χ2n) is 7.11. The van der Waals surface area contributed by atoms with Gasteiger partial charge in [0.05, 0.1) is 0 Å². The van der Waals surface area contributed by atoms with Gasteiger partial charge in [0.15, 0.2) is 0 Å². The second kappa shape index (κ2) is 6.10. The van der Waals surface area contributed by atoms with Crippen LogP contribution in [0.1, 0.15) is 46.7 Å². The number of hydrogen-bond acceptors (Lipinski definition) is 5. The number of carbonyl (C=O) groups is 1. The molecule has 1 amide bonds.